The molecular formula is C19H23N3O2. The number of nitrogens with one attached hydrogen (secondary N) is 2. The SMILES string of the molecule is Cc1nc(-c2ccccc2)ccc1C(=O)NCCNC(=O)C(C)C. The quantitative estimate of drug-likeness (QED) is 0.802. The van der Waals surface area contributed by atoms with Crippen molar-refractivity contribution in [2.45, 2.75) is 20.8 Å². The molecule has 0 bridgehead atoms. The van der Waals surface area contributed by atoms with Crippen LogP contribution in [-0.4, -0.2) is 29.9 Å². The van der Waals surface area contributed by atoms with Gasteiger partial charge in [-0.05, 0) is 19.1 Å². The first-order chi connectivity index (χ1) is 11.5. The lowest BCUT2D eigenvalue weighted by Crippen LogP contribution is -2.36. The van der Waals surface area contributed by atoms with Gasteiger partial charge in [-0.25, -0.2) is 0 Å². The van der Waals surface area contributed by atoms with Gasteiger partial charge < -0.3 is 10.6 Å². The number of carbonyl (C=O) groups excluding carboxylic acids is 2. The van der Waals surface area contributed by atoms with Crippen molar-refractivity contribution >= 4 is 11.8 Å². The van der Waals surface area contributed by atoms with Gasteiger partial charge in [0.1, 0.15) is 0 Å². The summed E-state index contributed by atoms with van der Waals surface area (Å²) in [4.78, 5) is 28.2. The lowest BCUT2D eigenvalue weighted by atomic mass is 10.1. The van der Waals surface area contributed by atoms with Crippen LogP contribution < -0.4 is 10.6 Å². The van der Waals surface area contributed by atoms with E-state index < -0.39 is 0 Å². The van der Waals surface area contributed by atoms with Crippen molar-refractivity contribution in [3.05, 3.63) is 53.7 Å². The number of nitrogens with zero attached hydrogens (tertiary/aromatic N) is 1. The molecule has 0 aliphatic carbocycles. The Bertz CT molecular complexity index is 712. The Kier molecular flexibility index (Phi) is 6.07. The molecule has 126 valence electrons. The van der Waals surface area contributed by atoms with E-state index in [0.29, 0.717) is 24.3 Å². The second kappa shape index (κ2) is 8.24. The van der Waals surface area contributed by atoms with Crippen molar-refractivity contribution in [1.29, 1.82) is 0 Å². The molecule has 0 aliphatic rings. The zero-order chi connectivity index (χ0) is 17.5. The van der Waals surface area contributed by atoms with E-state index in [-0.39, 0.29) is 17.7 Å². The zero-order valence-electron chi connectivity index (χ0n) is 14.3. The maximum absolute atomic E-state index is 12.2. The van der Waals surface area contributed by atoms with Crippen molar-refractivity contribution in [2.75, 3.05) is 13.1 Å². The molecule has 0 fully saturated rings. The molecule has 2 amide bonds. The van der Waals surface area contributed by atoms with Gasteiger partial charge in [-0.3, -0.25) is 14.6 Å². The topological polar surface area (TPSA) is 71.1 Å². The second-order valence-electron chi connectivity index (χ2n) is 5.90. The summed E-state index contributed by atoms with van der Waals surface area (Å²) in [5.74, 6) is -0.259. The fourth-order valence-electron chi connectivity index (χ4n) is 2.23. The molecule has 0 spiro atoms. The van der Waals surface area contributed by atoms with Crippen LogP contribution in [0.15, 0.2) is 42.5 Å². The third-order valence-electron chi connectivity index (χ3n) is 3.63. The van der Waals surface area contributed by atoms with E-state index in [1.807, 2.05) is 57.2 Å². The Hall–Kier alpha value is -2.69. The van der Waals surface area contributed by atoms with Crippen LogP contribution in [0.5, 0.6) is 0 Å². The largest absolute Gasteiger partial charge is 0.354 e. The van der Waals surface area contributed by atoms with Gasteiger partial charge in [0.05, 0.1) is 17.0 Å². The monoisotopic (exact) mass is 325 g/mol. The van der Waals surface area contributed by atoms with Gasteiger partial charge in [-0.15, -0.1) is 0 Å². The Labute approximate surface area is 142 Å². The highest BCUT2D eigenvalue weighted by Gasteiger charge is 2.11. The summed E-state index contributed by atoms with van der Waals surface area (Å²) in [7, 11) is 0. The molecule has 2 rings (SSSR count). The van der Waals surface area contributed by atoms with E-state index in [4.69, 9.17) is 0 Å². The first-order valence-electron chi connectivity index (χ1n) is 8.08. The molecule has 5 nitrogen and oxygen atoms in total. The molecule has 0 saturated heterocycles. The molecule has 24 heavy (non-hydrogen) atoms. The average Bonchev–Trinajstić information content (AvgIpc) is 2.58. The van der Waals surface area contributed by atoms with Crippen molar-refractivity contribution in [3.8, 4) is 11.3 Å². The third-order valence-corrected chi connectivity index (χ3v) is 3.63. The molecule has 5 heteroatoms. The van der Waals surface area contributed by atoms with Gasteiger partial charge in [0.15, 0.2) is 0 Å². The standard InChI is InChI=1S/C19H23N3O2/c1-13(2)18(23)20-11-12-21-19(24)16-9-10-17(22-14(16)3)15-7-5-4-6-8-15/h4-10,13H,11-12H2,1-3H3,(H,20,23)(H,21,24). The predicted octanol–water partition coefficient (Wildman–Crippen LogP) is 2.56. The van der Waals surface area contributed by atoms with Crippen LogP contribution in [0.3, 0.4) is 0 Å². The van der Waals surface area contributed by atoms with E-state index in [0.717, 1.165) is 11.3 Å². The molecule has 2 aromatic rings. The van der Waals surface area contributed by atoms with Gasteiger partial charge in [0.25, 0.3) is 5.91 Å². The lowest BCUT2D eigenvalue weighted by Gasteiger charge is -2.10. The van der Waals surface area contributed by atoms with Gasteiger partial charge in [0.2, 0.25) is 5.91 Å². The van der Waals surface area contributed by atoms with Gasteiger partial charge >= 0.3 is 0 Å². The van der Waals surface area contributed by atoms with Crippen LogP contribution in [0, 0.1) is 12.8 Å². The maximum atomic E-state index is 12.2. The van der Waals surface area contributed by atoms with E-state index in [1.165, 1.54) is 0 Å². The third kappa shape index (κ3) is 4.65. The summed E-state index contributed by atoms with van der Waals surface area (Å²) in [6.07, 6.45) is 0. The highest BCUT2D eigenvalue weighted by atomic mass is 16.2. The number of aryl methyl sites for hydroxylation is 1. The Morgan fingerprint density at radius 3 is 2.29 bits per heavy atom. The van der Waals surface area contributed by atoms with Crippen molar-refractivity contribution in [2.24, 2.45) is 5.92 Å². The van der Waals surface area contributed by atoms with Gasteiger partial charge in [-0.1, -0.05) is 44.2 Å². The van der Waals surface area contributed by atoms with Gasteiger partial charge in [-0.2, -0.15) is 0 Å². The van der Waals surface area contributed by atoms with Crippen LogP contribution >= 0.6 is 0 Å². The van der Waals surface area contributed by atoms with E-state index in [2.05, 4.69) is 15.6 Å². The molecular weight excluding hydrogens is 302 g/mol. The highest BCUT2D eigenvalue weighted by molar-refractivity contribution is 5.95. The smallest absolute Gasteiger partial charge is 0.253 e. The van der Waals surface area contributed by atoms with Crippen LogP contribution in [-0.2, 0) is 4.79 Å². The molecule has 0 radical (unpaired) electrons. The van der Waals surface area contributed by atoms with Crippen molar-refractivity contribution in [3.63, 3.8) is 0 Å². The number of rotatable bonds is 6. The first kappa shape index (κ1) is 17.7. The minimum atomic E-state index is -0.182. The van der Waals surface area contributed by atoms with Crippen LogP contribution in [0.4, 0.5) is 0 Å². The number of benzene rings is 1. The molecule has 0 unspecified atom stereocenters. The Morgan fingerprint density at radius 2 is 1.67 bits per heavy atom. The molecule has 0 atom stereocenters. The lowest BCUT2D eigenvalue weighted by molar-refractivity contribution is -0.123. The first-order valence-corrected chi connectivity index (χ1v) is 8.08. The Balaban J connectivity index is 1.94. The van der Waals surface area contributed by atoms with Gasteiger partial charge in [0, 0.05) is 24.6 Å². The molecule has 1 aromatic heterocycles. The number of hydrogen-bond donors (Lipinski definition) is 2. The summed E-state index contributed by atoms with van der Waals surface area (Å²) in [5, 5.41) is 5.56. The fourth-order valence-corrected chi connectivity index (χ4v) is 2.23. The second-order valence-corrected chi connectivity index (χ2v) is 5.90. The minimum absolute atomic E-state index is 0.0192. The number of hydrogen-bond acceptors (Lipinski definition) is 3. The highest BCUT2D eigenvalue weighted by Crippen LogP contribution is 2.18. The van der Waals surface area contributed by atoms with Crippen LogP contribution in [0.25, 0.3) is 11.3 Å². The maximum Gasteiger partial charge on any atom is 0.253 e. The minimum Gasteiger partial charge on any atom is -0.354 e. The van der Waals surface area contributed by atoms with E-state index >= 15 is 0 Å². The van der Waals surface area contributed by atoms with E-state index in [1.54, 1.807) is 6.07 Å². The van der Waals surface area contributed by atoms with Crippen LogP contribution in [0.1, 0.15) is 29.9 Å². The van der Waals surface area contributed by atoms with Crippen molar-refractivity contribution < 1.29 is 9.59 Å². The molecule has 0 aliphatic heterocycles. The summed E-state index contributed by atoms with van der Waals surface area (Å²) >= 11 is 0. The van der Waals surface area contributed by atoms with Crippen molar-refractivity contribution in [1.82, 2.24) is 15.6 Å². The molecule has 1 heterocycles. The normalized spacial score (nSPS) is 10.5. The average molecular weight is 325 g/mol. The number of carbonyl (C=O) groups is 2. The summed E-state index contributed by atoms with van der Waals surface area (Å²) < 4.78 is 0. The molecule has 2 N–H and O–H groups in total. The summed E-state index contributed by atoms with van der Waals surface area (Å²) in [6.45, 7) is 6.28. The summed E-state index contributed by atoms with van der Waals surface area (Å²) in [6, 6.07) is 13.5. The van der Waals surface area contributed by atoms with E-state index in [9.17, 15) is 9.59 Å². The Morgan fingerprint density at radius 1 is 1.00 bits per heavy atom. The zero-order valence-corrected chi connectivity index (χ0v) is 14.3. The number of pyridine rings is 1. The molecule has 1 aromatic carbocycles. The molecule has 0 saturated carbocycles. The number of aromatic nitrogens is 1. The summed E-state index contributed by atoms with van der Waals surface area (Å²) in [5.41, 5.74) is 3.09. The fraction of sp³-hybridized carbons (Fsp3) is 0.316. The predicted molar refractivity (Wildman–Crippen MR) is 94.6 cm³/mol. The van der Waals surface area contributed by atoms with Crippen LogP contribution in [0.2, 0.25) is 0 Å². The number of amides is 2.